The molecule has 2 aliphatic rings. The average molecular weight is 530 g/mol. The minimum Gasteiger partial charge on any atom is -0.507 e. The number of carbonyl (C=O) groups is 3. The Balaban J connectivity index is 1.86. The fraction of sp³-hybridized carbons (Fsp3) is 0.444. The SMILES string of the molecule is CCC(O)C(N)CCOC1C[C@](O)(C(=O)CO)Cc2c(O)c3c(c(O)c21)C(=O)c1c(OC)cccc1C3=O. The number of ketones is 3. The van der Waals surface area contributed by atoms with E-state index in [4.69, 9.17) is 15.2 Å². The summed E-state index contributed by atoms with van der Waals surface area (Å²) in [4.78, 5) is 39.5. The maximum atomic E-state index is 13.6. The number of nitrogens with two attached hydrogens (primary N) is 1. The van der Waals surface area contributed by atoms with E-state index in [1.165, 1.54) is 25.3 Å². The van der Waals surface area contributed by atoms with E-state index >= 15 is 0 Å². The Morgan fingerprint density at radius 1 is 1.16 bits per heavy atom. The lowest BCUT2D eigenvalue weighted by Crippen LogP contribution is -2.47. The Labute approximate surface area is 218 Å². The molecule has 0 spiro atoms. The normalized spacial score (nSPS) is 21.8. The van der Waals surface area contributed by atoms with E-state index in [0.717, 1.165) is 0 Å². The van der Waals surface area contributed by atoms with Crippen LogP contribution in [0.5, 0.6) is 17.2 Å². The minimum absolute atomic E-state index is 0.0368. The molecule has 0 saturated heterocycles. The number of ether oxygens (including phenoxy) is 2. The van der Waals surface area contributed by atoms with Crippen molar-refractivity contribution < 1.29 is 49.4 Å². The number of phenolic OH excluding ortho intramolecular Hbond substituents is 2. The molecule has 38 heavy (non-hydrogen) atoms. The van der Waals surface area contributed by atoms with Crippen molar-refractivity contribution in [1.82, 2.24) is 0 Å². The topological polar surface area (TPSA) is 197 Å². The van der Waals surface area contributed by atoms with Crippen LogP contribution in [0.15, 0.2) is 18.2 Å². The van der Waals surface area contributed by atoms with Crippen molar-refractivity contribution in [2.45, 2.75) is 56.5 Å². The lowest BCUT2D eigenvalue weighted by Gasteiger charge is -2.38. The molecule has 0 bridgehead atoms. The Morgan fingerprint density at radius 3 is 2.47 bits per heavy atom. The molecule has 0 saturated carbocycles. The molecule has 0 heterocycles. The standard InChI is InChI=1S/C27H31NO10/c1-3-15(30)14(28)7-8-38-17-10-27(36,18(31)11-29)9-13-20(17)26(35)22-21(24(13)33)23(32)12-5-4-6-16(37-2)19(12)25(22)34/h4-6,14-15,17,29-30,33,35-36H,3,7-11,28H2,1-2H3/t14?,15?,17?,27-/m0/s1. The van der Waals surface area contributed by atoms with Crippen LogP contribution >= 0.6 is 0 Å². The highest BCUT2D eigenvalue weighted by Gasteiger charge is 2.49. The second kappa shape index (κ2) is 10.4. The van der Waals surface area contributed by atoms with Crippen LogP contribution in [-0.4, -0.2) is 81.0 Å². The van der Waals surface area contributed by atoms with E-state index in [9.17, 15) is 39.9 Å². The van der Waals surface area contributed by atoms with Gasteiger partial charge >= 0.3 is 0 Å². The van der Waals surface area contributed by atoms with Gasteiger partial charge in [0.2, 0.25) is 5.78 Å². The molecule has 0 aliphatic heterocycles. The largest absolute Gasteiger partial charge is 0.507 e. The van der Waals surface area contributed by atoms with Gasteiger partial charge in [0.15, 0.2) is 11.6 Å². The predicted molar refractivity (Wildman–Crippen MR) is 133 cm³/mol. The van der Waals surface area contributed by atoms with Crippen molar-refractivity contribution >= 4 is 17.3 Å². The molecule has 0 amide bonds. The Kier molecular flexibility index (Phi) is 7.60. The number of hydrogen-bond acceptors (Lipinski definition) is 11. The number of phenols is 2. The minimum atomic E-state index is -2.18. The van der Waals surface area contributed by atoms with Gasteiger partial charge in [-0.3, -0.25) is 14.4 Å². The summed E-state index contributed by atoms with van der Waals surface area (Å²) < 4.78 is 11.1. The Hall–Kier alpha value is -3.35. The van der Waals surface area contributed by atoms with Gasteiger partial charge in [-0.05, 0) is 18.9 Å². The number of methoxy groups -OCH3 is 1. The molecule has 7 N–H and O–H groups in total. The first-order valence-electron chi connectivity index (χ1n) is 12.3. The van der Waals surface area contributed by atoms with Gasteiger partial charge < -0.3 is 40.7 Å². The van der Waals surface area contributed by atoms with Gasteiger partial charge in [0.1, 0.15) is 29.5 Å². The van der Waals surface area contributed by atoms with Gasteiger partial charge in [0, 0.05) is 42.2 Å². The summed E-state index contributed by atoms with van der Waals surface area (Å²) in [6.07, 6.45) is -2.34. The maximum Gasteiger partial charge on any atom is 0.202 e. The lowest BCUT2D eigenvalue weighted by molar-refractivity contribution is -0.146. The number of fused-ring (bicyclic) bond motifs is 3. The van der Waals surface area contributed by atoms with Gasteiger partial charge in [0.25, 0.3) is 0 Å². The van der Waals surface area contributed by atoms with Crippen molar-refractivity contribution in [3.63, 3.8) is 0 Å². The summed E-state index contributed by atoms with van der Waals surface area (Å²) >= 11 is 0. The van der Waals surface area contributed by atoms with E-state index in [-0.39, 0.29) is 41.0 Å². The molecule has 3 unspecified atom stereocenters. The summed E-state index contributed by atoms with van der Waals surface area (Å²) in [5.41, 5.74) is 2.58. The first kappa shape index (κ1) is 27.7. The summed E-state index contributed by atoms with van der Waals surface area (Å²) in [7, 11) is 1.33. The number of aliphatic hydroxyl groups excluding tert-OH is 2. The Bertz CT molecular complexity index is 1310. The second-order valence-electron chi connectivity index (χ2n) is 9.66. The molecular formula is C27H31NO10. The highest BCUT2D eigenvalue weighted by atomic mass is 16.5. The van der Waals surface area contributed by atoms with Crippen molar-refractivity contribution in [3.05, 3.63) is 51.6 Å². The van der Waals surface area contributed by atoms with E-state index < -0.39 is 83.3 Å². The lowest BCUT2D eigenvalue weighted by atomic mass is 9.72. The summed E-state index contributed by atoms with van der Waals surface area (Å²) in [6, 6.07) is 3.76. The quantitative estimate of drug-likeness (QED) is 0.213. The number of Topliss-reactive ketones (excluding diaryl/α,β-unsaturated/α-hetero) is 1. The maximum absolute atomic E-state index is 13.6. The fourth-order valence-electron chi connectivity index (χ4n) is 5.26. The van der Waals surface area contributed by atoms with E-state index in [0.29, 0.717) is 6.42 Å². The third-order valence-corrected chi connectivity index (χ3v) is 7.42. The second-order valence-corrected chi connectivity index (χ2v) is 9.66. The molecule has 4 rings (SSSR count). The zero-order chi connectivity index (χ0) is 27.9. The zero-order valence-electron chi connectivity index (χ0n) is 21.1. The van der Waals surface area contributed by atoms with Crippen LogP contribution in [-0.2, 0) is 16.0 Å². The number of carbonyl (C=O) groups excluding carboxylic acids is 3. The summed E-state index contributed by atoms with van der Waals surface area (Å²) in [6.45, 7) is 0.708. The first-order chi connectivity index (χ1) is 18.0. The molecule has 11 nitrogen and oxygen atoms in total. The average Bonchev–Trinajstić information content (AvgIpc) is 2.91. The third-order valence-electron chi connectivity index (χ3n) is 7.42. The number of benzene rings is 2. The van der Waals surface area contributed by atoms with Crippen molar-refractivity contribution in [2.24, 2.45) is 5.73 Å². The molecule has 204 valence electrons. The Morgan fingerprint density at radius 2 is 1.84 bits per heavy atom. The van der Waals surface area contributed by atoms with E-state index in [1.54, 1.807) is 6.92 Å². The van der Waals surface area contributed by atoms with Crippen molar-refractivity contribution in [1.29, 1.82) is 0 Å². The van der Waals surface area contributed by atoms with Gasteiger partial charge in [-0.2, -0.15) is 0 Å². The highest BCUT2D eigenvalue weighted by Crippen LogP contribution is 2.52. The van der Waals surface area contributed by atoms with Crippen LogP contribution in [0.4, 0.5) is 0 Å². The van der Waals surface area contributed by atoms with Crippen LogP contribution in [0, 0.1) is 0 Å². The van der Waals surface area contributed by atoms with Gasteiger partial charge in [0.05, 0.1) is 36.0 Å². The summed E-state index contributed by atoms with van der Waals surface area (Å²) in [5.74, 6) is -3.61. The van der Waals surface area contributed by atoms with Gasteiger partial charge in [-0.1, -0.05) is 19.1 Å². The molecule has 4 atom stereocenters. The molecule has 2 aromatic rings. The summed E-state index contributed by atoms with van der Waals surface area (Å²) in [5, 5.41) is 53.2. The monoisotopic (exact) mass is 529 g/mol. The van der Waals surface area contributed by atoms with Crippen LogP contribution in [0.25, 0.3) is 0 Å². The van der Waals surface area contributed by atoms with Crippen LogP contribution < -0.4 is 10.5 Å². The molecule has 11 heteroatoms. The van der Waals surface area contributed by atoms with Gasteiger partial charge in [-0.25, -0.2) is 0 Å². The number of rotatable bonds is 9. The zero-order valence-corrected chi connectivity index (χ0v) is 21.1. The molecular weight excluding hydrogens is 498 g/mol. The molecule has 0 aromatic heterocycles. The number of aromatic hydroxyl groups is 2. The highest BCUT2D eigenvalue weighted by molar-refractivity contribution is 6.31. The number of hydrogen-bond donors (Lipinski definition) is 6. The van der Waals surface area contributed by atoms with Crippen LogP contribution in [0.3, 0.4) is 0 Å². The van der Waals surface area contributed by atoms with Crippen LogP contribution in [0.1, 0.15) is 75.3 Å². The molecule has 2 aromatic carbocycles. The number of aliphatic hydroxyl groups is 3. The molecule has 0 fully saturated rings. The van der Waals surface area contributed by atoms with E-state index in [1.807, 2.05) is 0 Å². The molecule has 2 aliphatic carbocycles. The predicted octanol–water partition coefficient (Wildman–Crippen LogP) is 0.666. The molecule has 0 radical (unpaired) electrons. The van der Waals surface area contributed by atoms with Crippen LogP contribution in [0.2, 0.25) is 0 Å². The van der Waals surface area contributed by atoms with Crippen molar-refractivity contribution in [3.8, 4) is 17.2 Å². The van der Waals surface area contributed by atoms with Gasteiger partial charge in [-0.15, -0.1) is 0 Å². The first-order valence-corrected chi connectivity index (χ1v) is 12.3. The fourth-order valence-corrected chi connectivity index (χ4v) is 5.26. The third kappa shape index (κ3) is 4.36. The van der Waals surface area contributed by atoms with E-state index in [2.05, 4.69) is 0 Å². The smallest absolute Gasteiger partial charge is 0.202 e. The van der Waals surface area contributed by atoms with Crippen molar-refractivity contribution in [2.75, 3.05) is 20.3 Å².